The summed E-state index contributed by atoms with van der Waals surface area (Å²) < 4.78 is 23.2. The molecule has 0 aliphatic carbocycles. The Kier molecular flexibility index (Phi) is 3.92. The zero-order chi connectivity index (χ0) is 18.8. The summed E-state index contributed by atoms with van der Waals surface area (Å²) in [5.74, 6) is 0.933. The van der Waals surface area contributed by atoms with Gasteiger partial charge in [-0.05, 0) is 12.1 Å². The van der Waals surface area contributed by atoms with E-state index in [0.29, 0.717) is 22.7 Å². The second-order valence-corrected chi connectivity index (χ2v) is 8.79. The monoisotopic (exact) mass is 410 g/mol. The molecule has 0 saturated carbocycles. The number of anilines is 1. The van der Waals surface area contributed by atoms with Gasteiger partial charge < -0.3 is 37.1 Å². The maximum absolute atomic E-state index is 12.0. The fraction of sp³-hybridized carbons (Fsp3) is 0.357. The zero-order valence-electron chi connectivity index (χ0n) is 13.5. The van der Waals surface area contributed by atoms with E-state index in [1.165, 1.54) is 12.6 Å². The number of aliphatic hydroxyl groups excluding tert-OH is 1. The van der Waals surface area contributed by atoms with E-state index >= 15 is 0 Å². The van der Waals surface area contributed by atoms with Crippen molar-refractivity contribution < 1.29 is 28.2 Å². The third-order valence-electron chi connectivity index (χ3n) is 4.46. The molecule has 1 unspecified atom stereocenters. The molecule has 0 amide bonds. The molecule has 5 rings (SSSR count). The summed E-state index contributed by atoms with van der Waals surface area (Å²) in [7, 11) is -3.66. The SMILES string of the molecule is Nc1ncnc2c1nc(-c1ccco1)n2[C@@H]1O[C@@H]2CO[P+]([O-])([S-])O[C@H]2[C@H]1O. The summed E-state index contributed by atoms with van der Waals surface area (Å²) in [6.45, 7) is -0.0567. The van der Waals surface area contributed by atoms with Gasteiger partial charge in [0, 0.05) is 0 Å². The molecule has 5 atom stereocenters. The number of nitrogens with zero attached hydrogens (tertiary/aromatic N) is 4. The molecule has 3 aromatic heterocycles. The van der Waals surface area contributed by atoms with Gasteiger partial charge in [0.1, 0.15) is 32.3 Å². The second-order valence-electron chi connectivity index (χ2n) is 6.08. The topological polar surface area (TPSA) is 154 Å². The molecule has 0 aromatic carbocycles. The van der Waals surface area contributed by atoms with Gasteiger partial charge in [-0.1, -0.05) is 0 Å². The average Bonchev–Trinajstić information content (AvgIpc) is 3.33. The van der Waals surface area contributed by atoms with Crippen molar-refractivity contribution >= 4 is 36.4 Å². The lowest BCUT2D eigenvalue weighted by atomic mass is 10.1. The normalized spacial score (nSPS) is 33.4. The third-order valence-corrected chi connectivity index (χ3v) is 6.00. The highest BCUT2D eigenvalue weighted by Gasteiger charge is 2.53. The molecule has 0 radical (unpaired) electrons. The first-order valence-corrected chi connectivity index (χ1v) is 10.5. The lowest BCUT2D eigenvalue weighted by Gasteiger charge is -2.40. The zero-order valence-corrected chi connectivity index (χ0v) is 15.2. The Morgan fingerprint density at radius 1 is 1.41 bits per heavy atom. The van der Waals surface area contributed by atoms with Crippen LogP contribution in [0, 0.1) is 0 Å². The van der Waals surface area contributed by atoms with Crippen LogP contribution in [0.1, 0.15) is 6.23 Å². The molecular weight excluding hydrogens is 397 g/mol. The number of hydrogen-bond acceptors (Lipinski definition) is 11. The predicted octanol–water partition coefficient (Wildman–Crippen LogP) is -0.0730. The second kappa shape index (κ2) is 6.11. The number of fused-ring (bicyclic) bond motifs is 2. The van der Waals surface area contributed by atoms with Gasteiger partial charge in [0.15, 0.2) is 40.9 Å². The van der Waals surface area contributed by atoms with Gasteiger partial charge in [0.05, 0.1) is 6.26 Å². The van der Waals surface area contributed by atoms with Gasteiger partial charge in [-0.2, -0.15) is 0 Å². The third kappa shape index (κ3) is 2.72. The summed E-state index contributed by atoms with van der Waals surface area (Å²) in [4.78, 5) is 24.6. The predicted molar refractivity (Wildman–Crippen MR) is 92.5 cm³/mol. The molecular formula is C14H13N5O6PS-. The Bertz CT molecular complexity index is 997. The van der Waals surface area contributed by atoms with Crippen molar-refractivity contribution in [2.24, 2.45) is 0 Å². The number of hydrogen-bond donors (Lipinski definition) is 2. The van der Waals surface area contributed by atoms with Crippen LogP contribution in [0.4, 0.5) is 5.82 Å². The standard InChI is InChI=1S/C14H14N5O6PS/c15-11-8-13(17-5-16-11)19(12(18-8)6-2-1-3-22-6)14-9(20)10-7(24-14)4-23-26(21,27)25-10/h1-3,5,7,9-10,14,20H,4H2,(H,21,27)(H2,15,16,17)/p-1/t7-,9-,10-,14-,26?/m1/s1. The van der Waals surface area contributed by atoms with Crippen LogP contribution in [0.5, 0.6) is 0 Å². The minimum absolute atomic E-state index is 0.0567. The summed E-state index contributed by atoms with van der Waals surface area (Å²) >= 11 is 4.77. The van der Waals surface area contributed by atoms with Crippen molar-refractivity contribution in [3.05, 3.63) is 24.7 Å². The number of aromatic nitrogens is 4. The Morgan fingerprint density at radius 2 is 2.26 bits per heavy atom. The van der Waals surface area contributed by atoms with E-state index < -0.39 is 31.7 Å². The number of furan rings is 1. The Hall–Kier alpha value is -1.79. The molecule has 13 heteroatoms. The maximum atomic E-state index is 12.0. The number of nitrogen functional groups attached to an aromatic ring is 1. The van der Waals surface area contributed by atoms with Crippen molar-refractivity contribution in [2.75, 3.05) is 12.3 Å². The van der Waals surface area contributed by atoms with Gasteiger partial charge >= 0.3 is 0 Å². The first kappa shape index (κ1) is 17.3. The van der Waals surface area contributed by atoms with Gasteiger partial charge in [-0.25, -0.2) is 24.0 Å². The van der Waals surface area contributed by atoms with Crippen LogP contribution in [-0.4, -0.2) is 49.5 Å². The van der Waals surface area contributed by atoms with Crippen LogP contribution in [0.15, 0.2) is 29.1 Å². The molecule has 27 heavy (non-hydrogen) atoms. The van der Waals surface area contributed by atoms with Crippen molar-refractivity contribution in [2.45, 2.75) is 24.5 Å². The van der Waals surface area contributed by atoms with Gasteiger partial charge in [0.2, 0.25) is 0 Å². The van der Waals surface area contributed by atoms with Crippen LogP contribution in [-0.2, 0) is 26.0 Å². The van der Waals surface area contributed by atoms with Gasteiger partial charge in [-0.3, -0.25) is 4.57 Å². The van der Waals surface area contributed by atoms with Crippen LogP contribution in [0.3, 0.4) is 0 Å². The summed E-state index contributed by atoms with van der Waals surface area (Å²) in [6, 6.07) is 3.40. The van der Waals surface area contributed by atoms with E-state index in [4.69, 9.17) is 36.2 Å². The molecule has 5 heterocycles. The molecule has 3 aromatic rings. The van der Waals surface area contributed by atoms with E-state index in [1.807, 2.05) is 0 Å². The van der Waals surface area contributed by atoms with E-state index in [2.05, 4.69) is 15.0 Å². The van der Waals surface area contributed by atoms with Crippen LogP contribution in [0.2, 0.25) is 0 Å². The first-order valence-electron chi connectivity index (χ1n) is 7.94. The quantitative estimate of drug-likeness (QED) is 0.431. The van der Waals surface area contributed by atoms with Crippen LogP contribution >= 0.6 is 7.15 Å². The smallest absolute Gasteiger partial charge is 0.180 e. The molecule has 3 N–H and O–H groups in total. The molecule has 2 saturated heterocycles. The molecule has 142 valence electrons. The molecule has 11 nitrogen and oxygen atoms in total. The number of rotatable bonds is 2. The van der Waals surface area contributed by atoms with E-state index in [9.17, 15) is 10.00 Å². The number of imidazole rings is 1. The average molecular weight is 410 g/mol. The number of aliphatic hydroxyl groups is 1. The minimum Gasteiger partial charge on any atom is -0.648 e. The molecule has 0 spiro atoms. The van der Waals surface area contributed by atoms with Crippen LogP contribution in [0.25, 0.3) is 22.7 Å². The van der Waals surface area contributed by atoms with Crippen molar-refractivity contribution in [1.29, 1.82) is 0 Å². The molecule has 2 fully saturated rings. The fourth-order valence-electron chi connectivity index (χ4n) is 3.29. The van der Waals surface area contributed by atoms with Gasteiger partial charge in [-0.15, -0.1) is 0 Å². The minimum atomic E-state index is -3.66. The first-order chi connectivity index (χ1) is 12.9. The van der Waals surface area contributed by atoms with Gasteiger partial charge in [0.25, 0.3) is 0 Å². The maximum Gasteiger partial charge on any atom is 0.180 e. The Balaban J connectivity index is 1.65. The summed E-state index contributed by atoms with van der Waals surface area (Å²) in [6.07, 6.45) is -0.949. The Morgan fingerprint density at radius 3 is 3.04 bits per heavy atom. The summed E-state index contributed by atoms with van der Waals surface area (Å²) in [5.41, 5.74) is 6.60. The van der Waals surface area contributed by atoms with Crippen LogP contribution < -0.4 is 10.6 Å². The highest BCUT2D eigenvalue weighted by Crippen LogP contribution is 2.57. The summed E-state index contributed by atoms with van der Waals surface area (Å²) in [5, 5.41) is 10.8. The van der Waals surface area contributed by atoms with E-state index in [1.54, 1.807) is 16.7 Å². The lowest BCUT2D eigenvalue weighted by molar-refractivity contribution is -0.229. The van der Waals surface area contributed by atoms with E-state index in [-0.39, 0.29) is 12.4 Å². The molecule has 2 aliphatic rings. The van der Waals surface area contributed by atoms with Crippen molar-refractivity contribution in [1.82, 2.24) is 19.5 Å². The Labute approximate surface area is 157 Å². The van der Waals surface area contributed by atoms with E-state index in [0.717, 1.165) is 0 Å². The largest absolute Gasteiger partial charge is 0.648 e. The molecule has 0 bridgehead atoms. The molecule has 2 aliphatic heterocycles. The fourth-order valence-corrected chi connectivity index (χ4v) is 4.72. The highest BCUT2D eigenvalue weighted by atomic mass is 32.7. The lowest BCUT2D eigenvalue weighted by Crippen LogP contribution is -2.42. The number of nitrogens with two attached hydrogens (primary N) is 1. The number of ether oxygens (including phenoxy) is 1. The van der Waals surface area contributed by atoms with Crippen molar-refractivity contribution in [3.63, 3.8) is 0 Å². The van der Waals surface area contributed by atoms with Crippen molar-refractivity contribution in [3.8, 4) is 11.6 Å². The highest BCUT2D eigenvalue weighted by molar-refractivity contribution is 8.34.